The van der Waals surface area contributed by atoms with E-state index < -0.39 is 11.4 Å². The number of rotatable bonds is 4. The number of methoxy groups -OCH3 is 1. The standard InChI is InChI=1S/C15H18FN5O2.ClH/c1-23-15(4-6-17-7-5-15)14(22)20-11-2-3-13(12(16)8-11)21-10-18-9-19-21;/h2-3,8-10,17H,4-7H2,1H3,(H,20,22);1H. The molecule has 0 bridgehead atoms. The fourth-order valence-electron chi connectivity index (χ4n) is 2.70. The molecule has 24 heavy (non-hydrogen) atoms. The van der Waals surface area contributed by atoms with Crippen molar-refractivity contribution in [2.24, 2.45) is 0 Å². The summed E-state index contributed by atoms with van der Waals surface area (Å²) in [4.78, 5) is 16.3. The third-order valence-electron chi connectivity index (χ3n) is 4.09. The van der Waals surface area contributed by atoms with Gasteiger partial charge in [0.25, 0.3) is 5.91 Å². The zero-order chi connectivity index (χ0) is 16.3. The van der Waals surface area contributed by atoms with Gasteiger partial charge in [0.1, 0.15) is 23.9 Å². The normalized spacial score (nSPS) is 16.2. The Balaban J connectivity index is 0.00000208. The third kappa shape index (κ3) is 3.55. The van der Waals surface area contributed by atoms with E-state index in [4.69, 9.17) is 4.74 Å². The molecule has 1 saturated heterocycles. The van der Waals surface area contributed by atoms with Crippen LogP contribution in [0.3, 0.4) is 0 Å². The van der Waals surface area contributed by atoms with Crippen molar-refractivity contribution >= 4 is 24.0 Å². The molecule has 2 heterocycles. The van der Waals surface area contributed by atoms with Gasteiger partial charge in [-0.05, 0) is 44.1 Å². The van der Waals surface area contributed by atoms with Gasteiger partial charge in [0.2, 0.25) is 0 Å². The summed E-state index contributed by atoms with van der Waals surface area (Å²) in [6.45, 7) is 1.42. The molecule has 1 aliphatic rings. The highest BCUT2D eigenvalue weighted by atomic mass is 35.5. The van der Waals surface area contributed by atoms with Crippen molar-refractivity contribution in [3.8, 4) is 5.69 Å². The third-order valence-corrected chi connectivity index (χ3v) is 4.09. The molecule has 0 aliphatic carbocycles. The van der Waals surface area contributed by atoms with Crippen LogP contribution in [0.15, 0.2) is 30.9 Å². The van der Waals surface area contributed by atoms with Crippen LogP contribution in [0.25, 0.3) is 5.69 Å². The summed E-state index contributed by atoms with van der Waals surface area (Å²) in [6.07, 6.45) is 3.89. The van der Waals surface area contributed by atoms with Crippen molar-refractivity contribution in [3.05, 3.63) is 36.7 Å². The van der Waals surface area contributed by atoms with E-state index in [1.807, 2.05) is 0 Å². The van der Waals surface area contributed by atoms with Gasteiger partial charge in [-0.15, -0.1) is 12.4 Å². The molecule has 9 heteroatoms. The molecule has 0 spiro atoms. The maximum Gasteiger partial charge on any atom is 0.256 e. The summed E-state index contributed by atoms with van der Waals surface area (Å²) in [7, 11) is 1.53. The van der Waals surface area contributed by atoms with E-state index in [-0.39, 0.29) is 24.0 Å². The summed E-state index contributed by atoms with van der Waals surface area (Å²) >= 11 is 0. The fraction of sp³-hybridized carbons (Fsp3) is 0.400. The summed E-state index contributed by atoms with van der Waals surface area (Å²) in [6, 6.07) is 4.43. The van der Waals surface area contributed by atoms with Gasteiger partial charge in [-0.1, -0.05) is 0 Å². The van der Waals surface area contributed by atoms with Crippen LogP contribution >= 0.6 is 12.4 Å². The van der Waals surface area contributed by atoms with Crippen LogP contribution < -0.4 is 10.6 Å². The maximum atomic E-state index is 14.2. The van der Waals surface area contributed by atoms with E-state index >= 15 is 0 Å². The number of nitrogens with one attached hydrogen (secondary N) is 2. The number of carbonyl (C=O) groups is 1. The van der Waals surface area contributed by atoms with Crippen molar-refractivity contribution in [1.29, 1.82) is 0 Å². The first kappa shape index (κ1) is 18.3. The first-order valence-corrected chi connectivity index (χ1v) is 7.36. The quantitative estimate of drug-likeness (QED) is 0.869. The lowest BCUT2D eigenvalue weighted by atomic mass is 9.91. The van der Waals surface area contributed by atoms with Crippen LogP contribution in [0, 0.1) is 5.82 Å². The molecule has 2 aromatic rings. The van der Waals surface area contributed by atoms with Crippen LogP contribution in [0.5, 0.6) is 0 Å². The number of hydrogen-bond acceptors (Lipinski definition) is 5. The number of anilines is 1. The van der Waals surface area contributed by atoms with Gasteiger partial charge in [-0.25, -0.2) is 14.1 Å². The first-order valence-electron chi connectivity index (χ1n) is 7.36. The Morgan fingerprint density at radius 3 is 2.75 bits per heavy atom. The number of halogens is 2. The van der Waals surface area contributed by atoms with Crippen molar-refractivity contribution in [2.75, 3.05) is 25.5 Å². The molecule has 0 unspecified atom stereocenters. The highest BCUT2D eigenvalue weighted by Gasteiger charge is 2.39. The van der Waals surface area contributed by atoms with Crippen molar-refractivity contribution in [1.82, 2.24) is 20.1 Å². The smallest absolute Gasteiger partial charge is 0.256 e. The molecular formula is C15H19ClFN5O2. The lowest BCUT2D eigenvalue weighted by Gasteiger charge is -2.34. The summed E-state index contributed by atoms with van der Waals surface area (Å²) in [5.41, 5.74) is -0.220. The minimum absolute atomic E-state index is 0. The molecule has 1 aliphatic heterocycles. The molecule has 1 amide bonds. The predicted octanol–water partition coefficient (Wildman–Crippen LogP) is 1.54. The average molecular weight is 356 g/mol. The molecule has 0 radical (unpaired) electrons. The van der Waals surface area contributed by atoms with Crippen LogP contribution in [0.4, 0.5) is 10.1 Å². The second-order valence-corrected chi connectivity index (χ2v) is 5.41. The Kier molecular flexibility index (Phi) is 5.87. The zero-order valence-corrected chi connectivity index (χ0v) is 14.0. The summed E-state index contributed by atoms with van der Waals surface area (Å²) in [5.74, 6) is -0.750. The van der Waals surface area contributed by atoms with E-state index in [9.17, 15) is 9.18 Å². The minimum Gasteiger partial charge on any atom is -0.368 e. The van der Waals surface area contributed by atoms with Crippen molar-refractivity contribution in [2.45, 2.75) is 18.4 Å². The van der Waals surface area contributed by atoms with Crippen molar-refractivity contribution < 1.29 is 13.9 Å². The van der Waals surface area contributed by atoms with E-state index in [0.29, 0.717) is 31.6 Å². The second-order valence-electron chi connectivity index (χ2n) is 5.41. The molecule has 3 rings (SSSR count). The van der Waals surface area contributed by atoms with E-state index in [2.05, 4.69) is 20.7 Å². The van der Waals surface area contributed by atoms with Gasteiger partial charge in [0.15, 0.2) is 5.82 Å². The number of piperidine rings is 1. The Hall–Kier alpha value is -2.03. The number of benzene rings is 1. The molecule has 1 aromatic carbocycles. The Labute approximate surface area is 145 Å². The molecule has 0 atom stereocenters. The fourth-order valence-corrected chi connectivity index (χ4v) is 2.70. The van der Waals surface area contributed by atoms with Gasteiger partial charge < -0.3 is 15.4 Å². The molecule has 2 N–H and O–H groups in total. The Morgan fingerprint density at radius 2 is 2.17 bits per heavy atom. The maximum absolute atomic E-state index is 14.2. The zero-order valence-electron chi connectivity index (χ0n) is 13.2. The van der Waals surface area contributed by atoms with Gasteiger partial charge in [-0.2, -0.15) is 5.10 Å². The number of ether oxygens (including phenoxy) is 1. The number of carbonyl (C=O) groups excluding carboxylic acids is 1. The average Bonchev–Trinajstić information content (AvgIpc) is 3.09. The minimum atomic E-state index is -0.869. The van der Waals surface area contributed by atoms with Crippen LogP contribution in [-0.2, 0) is 9.53 Å². The molecule has 1 fully saturated rings. The van der Waals surface area contributed by atoms with E-state index in [1.54, 1.807) is 12.1 Å². The Morgan fingerprint density at radius 1 is 1.42 bits per heavy atom. The van der Waals surface area contributed by atoms with E-state index in [0.717, 1.165) is 0 Å². The number of amides is 1. The van der Waals surface area contributed by atoms with Gasteiger partial charge >= 0.3 is 0 Å². The SMILES string of the molecule is COC1(C(=O)Nc2ccc(-n3cncn3)c(F)c2)CCNCC1.Cl. The largest absolute Gasteiger partial charge is 0.368 e. The van der Waals surface area contributed by atoms with Crippen LogP contribution in [0.2, 0.25) is 0 Å². The monoisotopic (exact) mass is 355 g/mol. The molecule has 1 aromatic heterocycles. The van der Waals surface area contributed by atoms with Gasteiger partial charge in [0.05, 0.1) is 0 Å². The highest BCUT2D eigenvalue weighted by Crippen LogP contribution is 2.25. The van der Waals surface area contributed by atoms with Crippen LogP contribution in [0.1, 0.15) is 12.8 Å². The van der Waals surface area contributed by atoms with Gasteiger partial charge in [0, 0.05) is 12.8 Å². The molecule has 130 valence electrons. The first-order chi connectivity index (χ1) is 11.1. The summed E-state index contributed by atoms with van der Waals surface area (Å²) < 4.78 is 21.0. The van der Waals surface area contributed by atoms with E-state index in [1.165, 1.54) is 30.5 Å². The second kappa shape index (κ2) is 7.69. The van der Waals surface area contributed by atoms with Gasteiger partial charge in [-0.3, -0.25) is 4.79 Å². The number of hydrogen-bond donors (Lipinski definition) is 2. The number of aromatic nitrogens is 3. The van der Waals surface area contributed by atoms with Crippen molar-refractivity contribution in [3.63, 3.8) is 0 Å². The Bertz CT molecular complexity index is 689. The van der Waals surface area contributed by atoms with Crippen LogP contribution in [-0.4, -0.2) is 46.5 Å². The summed E-state index contributed by atoms with van der Waals surface area (Å²) in [5, 5.41) is 9.82. The molecule has 7 nitrogen and oxygen atoms in total. The molecular weight excluding hydrogens is 337 g/mol. The molecule has 0 saturated carbocycles. The lowest BCUT2D eigenvalue weighted by molar-refractivity contribution is -0.140. The number of nitrogens with zero attached hydrogens (tertiary/aromatic N) is 3. The predicted molar refractivity (Wildman–Crippen MR) is 89.0 cm³/mol. The lowest BCUT2D eigenvalue weighted by Crippen LogP contribution is -2.51. The highest BCUT2D eigenvalue weighted by molar-refractivity contribution is 5.97. The topological polar surface area (TPSA) is 81.1 Å².